The Morgan fingerprint density at radius 2 is 1.89 bits per heavy atom. The van der Waals surface area contributed by atoms with E-state index in [9.17, 15) is 4.39 Å². The van der Waals surface area contributed by atoms with Crippen molar-refractivity contribution in [1.29, 1.82) is 0 Å². The average molecular weight is 271 g/mol. The summed E-state index contributed by atoms with van der Waals surface area (Å²) in [5, 5.41) is 1.77. The van der Waals surface area contributed by atoms with Gasteiger partial charge in [0.05, 0.1) is 5.52 Å². The van der Waals surface area contributed by atoms with Gasteiger partial charge in [-0.15, -0.1) is 0 Å². The van der Waals surface area contributed by atoms with Crippen LogP contribution in [-0.4, -0.2) is 9.97 Å². The molecule has 3 aromatic rings. The van der Waals surface area contributed by atoms with Crippen molar-refractivity contribution in [1.82, 2.24) is 9.97 Å². The van der Waals surface area contributed by atoms with E-state index in [2.05, 4.69) is 9.97 Å². The molecule has 2 N–H and O–H groups in total. The molecule has 3 rings (SSSR count). The van der Waals surface area contributed by atoms with Crippen LogP contribution in [0.15, 0.2) is 58.7 Å². The number of halogens is 1. The molecule has 0 amide bonds. The maximum absolute atomic E-state index is 13.0. The molecule has 0 spiro atoms. The molecule has 0 bridgehead atoms. The van der Waals surface area contributed by atoms with Crippen molar-refractivity contribution in [3.63, 3.8) is 0 Å². The number of aromatic nitrogens is 2. The molecule has 0 aliphatic carbocycles. The minimum Gasteiger partial charge on any atom is -0.398 e. The average Bonchev–Trinajstić information content (AvgIpc) is 2.42. The van der Waals surface area contributed by atoms with Crippen LogP contribution in [0.25, 0.3) is 10.9 Å². The first kappa shape index (κ1) is 11.9. The maximum atomic E-state index is 13.0. The molecule has 94 valence electrons. The molecule has 0 saturated carbocycles. The first-order valence-electron chi connectivity index (χ1n) is 5.66. The van der Waals surface area contributed by atoms with E-state index in [-0.39, 0.29) is 5.82 Å². The fourth-order valence-electron chi connectivity index (χ4n) is 1.78. The first-order chi connectivity index (χ1) is 9.24. The minimum atomic E-state index is -0.339. The van der Waals surface area contributed by atoms with Crippen LogP contribution in [0.5, 0.6) is 0 Å². The highest BCUT2D eigenvalue weighted by Gasteiger charge is 2.08. The number of hydrogen-bond acceptors (Lipinski definition) is 4. The molecule has 3 nitrogen and oxygen atoms in total. The number of fused-ring (bicyclic) bond motifs is 1. The maximum Gasteiger partial charge on any atom is 0.125 e. The second-order valence-corrected chi connectivity index (χ2v) is 5.01. The summed E-state index contributed by atoms with van der Waals surface area (Å²) in [6.07, 6.45) is 1.52. The Hall–Kier alpha value is -2.14. The summed E-state index contributed by atoms with van der Waals surface area (Å²) >= 11 is 1.41. The van der Waals surface area contributed by atoms with Crippen molar-refractivity contribution in [3.8, 4) is 0 Å². The van der Waals surface area contributed by atoms with Crippen LogP contribution < -0.4 is 5.73 Å². The van der Waals surface area contributed by atoms with Crippen LogP contribution in [0.2, 0.25) is 0 Å². The second-order valence-electron chi connectivity index (χ2n) is 3.98. The van der Waals surface area contributed by atoms with Gasteiger partial charge >= 0.3 is 0 Å². The molecule has 0 aliphatic rings. The molecule has 0 fully saturated rings. The number of hydrogen-bond donors (Lipinski definition) is 1. The summed E-state index contributed by atoms with van der Waals surface area (Å²) in [6, 6.07) is 12.1. The Labute approximate surface area is 113 Å². The normalized spacial score (nSPS) is 10.8. The zero-order valence-electron chi connectivity index (χ0n) is 9.88. The summed E-state index contributed by atoms with van der Waals surface area (Å²) in [5.74, 6) is -0.339. The Morgan fingerprint density at radius 3 is 2.74 bits per heavy atom. The lowest BCUT2D eigenvalue weighted by atomic mass is 10.2. The molecular formula is C14H10FN3S. The van der Waals surface area contributed by atoms with Gasteiger partial charge in [0.2, 0.25) is 0 Å². The molecule has 19 heavy (non-hydrogen) atoms. The van der Waals surface area contributed by atoms with E-state index in [0.29, 0.717) is 5.69 Å². The van der Waals surface area contributed by atoms with Crippen LogP contribution in [0, 0.1) is 5.82 Å². The van der Waals surface area contributed by atoms with E-state index in [1.54, 1.807) is 6.07 Å². The van der Waals surface area contributed by atoms with Crippen molar-refractivity contribution < 1.29 is 4.39 Å². The third-order valence-electron chi connectivity index (χ3n) is 2.68. The minimum absolute atomic E-state index is 0.339. The molecule has 2 aromatic carbocycles. The zero-order chi connectivity index (χ0) is 13.2. The predicted molar refractivity (Wildman–Crippen MR) is 74.5 cm³/mol. The number of rotatable bonds is 2. The Bertz CT molecular complexity index is 740. The van der Waals surface area contributed by atoms with Gasteiger partial charge in [0, 0.05) is 16.0 Å². The summed E-state index contributed by atoms with van der Waals surface area (Å²) in [7, 11) is 0. The van der Waals surface area contributed by atoms with Gasteiger partial charge in [0.25, 0.3) is 0 Å². The highest BCUT2D eigenvalue weighted by atomic mass is 32.2. The molecule has 1 heterocycles. The number of nitrogens with two attached hydrogens (primary N) is 1. The van der Waals surface area contributed by atoms with Gasteiger partial charge in [-0.25, -0.2) is 14.4 Å². The standard InChI is InChI=1S/C14H10FN3S/c15-9-5-6-13(11(16)7-9)19-14-10-3-1-2-4-12(10)17-8-18-14/h1-8H,16H2. The van der Waals surface area contributed by atoms with Crippen LogP contribution in [0.3, 0.4) is 0 Å². The SMILES string of the molecule is Nc1cc(F)ccc1Sc1ncnc2ccccc12. The molecule has 5 heteroatoms. The van der Waals surface area contributed by atoms with Crippen molar-refractivity contribution in [3.05, 3.63) is 54.6 Å². The highest BCUT2D eigenvalue weighted by Crippen LogP contribution is 2.34. The Morgan fingerprint density at radius 1 is 1.05 bits per heavy atom. The lowest BCUT2D eigenvalue weighted by Gasteiger charge is -2.06. The second kappa shape index (κ2) is 4.85. The van der Waals surface area contributed by atoms with Crippen molar-refractivity contribution in [2.24, 2.45) is 0 Å². The first-order valence-corrected chi connectivity index (χ1v) is 6.48. The number of anilines is 1. The van der Waals surface area contributed by atoms with E-state index in [1.807, 2.05) is 24.3 Å². The fourth-order valence-corrected chi connectivity index (χ4v) is 2.68. The lowest BCUT2D eigenvalue weighted by Crippen LogP contribution is -1.91. The van der Waals surface area contributed by atoms with Crippen LogP contribution >= 0.6 is 11.8 Å². The van der Waals surface area contributed by atoms with E-state index in [1.165, 1.54) is 30.2 Å². The van der Waals surface area contributed by atoms with Gasteiger partial charge in [-0.3, -0.25) is 0 Å². The molecule has 0 radical (unpaired) electrons. The molecule has 0 unspecified atom stereocenters. The third-order valence-corrected chi connectivity index (χ3v) is 3.80. The van der Waals surface area contributed by atoms with Gasteiger partial charge in [-0.1, -0.05) is 30.0 Å². The molecular weight excluding hydrogens is 261 g/mol. The summed E-state index contributed by atoms with van der Waals surface area (Å²) in [5.41, 5.74) is 7.09. The quantitative estimate of drug-likeness (QED) is 0.572. The van der Waals surface area contributed by atoms with E-state index >= 15 is 0 Å². The van der Waals surface area contributed by atoms with E-state index in [0.717, 1.165) is 20.8 Å². The fraction of sp³-hybridized carbons (Fsp3) is 0. The topological polar surface area (TPSA) is 51.8 Å². The number of nitrogens with zero attached hydrogens (tertiary/aromatic N) is 2. The van der Waals surface area contributed by atoms with Crippen molar-refractivity contribution in [2.45, 2.75) is 9.92 Å². The Balaban J connectivity index is 2.06. The number of nitrogen functional groups attached to an aromatic ring is 1. The molecule has 0 saturated heterocycles. The lowest BCUT2D eigenvalue weighted by molar-refractivity contribution is 0.627. The number of benzene rings is 2. The molecule has 0 aliphatic heterocycles. The van der Waals surface area contributed by atoms with Gasteiger partial charge in [-0.2, -0.15) is 0 Å². The Kier molecular flexibility index (Phi) is 3.05. The smallest absolute Gasteiger partial charge is 0.125 e. The highest BCUT2D eigenvalue weighted by molar-refractivity contribution is 7.99. The summed E-state index contributed by atoms with van der Waals surface area (Å²) in [4.78, 5) is 9.26. The van der Waals surface area contributed by atoms with Crippen LogP contribution in [0.4, 0.5) is 10.1 Å². The van der Waals surface area contributed by atoms with E-state index < -0.39 is 0 Å². The molecule has 0 atom stereocenters. The number of para-hydroxylation sites is 1. The van der Waals surface area contributed by atoms with Gasteiger partial charge in [-0.05, 0) is 24.3 Å². The van der Waals surface area contributed by atoms with Gasteiger partial charge in [0.15, 0.2) is 0 Å². The molecule has 1 aromatic heterocycles. The van der Waals surface area contributed by atoms with Crippen molar-refractivity contribution in [2.75, 3.05) is 5.73 Å². The monoisotopic (exact) mass is 271 g/mol. The zero-order valence-corrected chi connectivity index (χ0v) is 10.7. The van der Waals surface area contributed by atoms with Gasteiger partial charge in [0.1, 0.15) is 17.2 Å². The van der Waals surface area contributed by atoms with Crippen molar-refractivity contribution >= 4 is 28.4 Å². The third kappa shape index (κ3) is 2.37. The van der Waals surface area contributed by atoms with E-state index in [4.69, 9.17) is 5.73 Å². The van der Waals surface area contributed by atoms with Gasteiger partial charge < -0.3 is 5.73 Å². The van der Waals surface area contributed by atoms with Crippen LogP contribution in [0.1, 0.15) is 0 Å². The summed E-state index contributed by atoms with van der Waals surface area (Å²) in [6.45, 7) is 0. The summed E-state index contributed by atoms with van der Waals surface area (Å²) < 4.78 is 13.0. The van der Waals surface area contributed by atoms with Crippen LogP contribution in [-0.2, 0) is 0 Å². The largest absolute Gasteiger partial charge is 0.398 e. The predicted octanol–water partition coefficient (Wildman–Crippen LogP) is 3.50.